The van der Waals surface area contributed by atoms with Crippen molar-refractivity contribution >= 4 is 39.2 Å². The van der Waals surface area contributed by atoms with E-state index in [0.29, 0.717) is 23.7 Å². The van der Waals surface area contributed by atoms with Crippen LogP contribution >= 0.6 is 15.9 Å². The molecule has 0 spiro atoms. The highest BCUT2D eigenvalue weighted by molar-refractivity contribution is 9.10. The van der Waals surface area contributed by atoms with Gasteiger partial charge in [0.05, 0.1) is 18.2 Å². The van der Waals surface area contributed by atoms with Crippen molar-refractivity contribution in [2.24, 2.45) is 0 Å². The van der Waals surface area contributed by atoms with Gasteiger partial charge in [-0.15, -0.1) is 0 Å². The smallest absolute Gasteiger partial charge is 0.256 e. The molecule has 0 aliphatic carbocycles. The zero-order valence-corrected chi connectivity index (χ0v) is 14.4. The van der Waals surface area contributed by atoms with Crippen LogP contribution in [-0.4, -0.2) is 19.6 Å². The lowest BCUT2D eigenvalue weighted by molar-refractivity contribution is -0.110. The summed E-state index contributed by atoms with van der Waals surface area (Å²) in [5.74, 6) is 1.18. The highest BCUT2D eigenvalue weighted by Gasteiger charge is 2.23. The SMILES string of the molecule is CCOc1cc(/C=C2\C(=O)Nc3ccccc32)cc(Br)c1OC. The quantitative estimate of drug-likeness (QED) is 0.810. The van der Waals surface area contributed by atoms with Crippen LogP contribution in [-0.2, 0) is 4.79 Å². The lowest BCUT2D eigenvalue weighted by Gasteiger charge is -2.12. The maximum absolute atomic E-state index is 12.2. The van der Waals surface area contributed by atoms with Crippen LogP contribution in [0.5, 0.6) is 11.5 Å². The fraction of sp³-hybridized carbons (Fsp3) is 0.167. The first-order valence-electron chi connectivity index (χ1n) is 7.26. The summed E-state index contributed by atoms with van der Waals surface area (Å²) in [6.45, 7) is 2.45. The van der Waals surface area contributed by atoms with Gasteiger partial charge in [0.15, 0.2) is 11.5 Å². The number of fused-ring (bicyclic) bond motifs is 1. The predicted molar refractivity (Wildman–Crippen MR) is 94.8 cm³/mol. The van der Waals surface area contributed by atoms with E-state index in [1.165, 1.54) is 0 Å². The second-order valence-electron chi connectivity index (χ2n) is 5.02. The molecular formula is C18H16BrNO3. The number of hydrogen-bond acceptors (Lipinski definition) is 3. The third kappa shape index (κ3) is 2.97. The summed E-state index contributed by atoms with van der Waals surface area (Å²) in [7, 11) is 1.60. The summed E-state index contributed by atoms with van der Waals surface area (Å²) >= 11 is 3.49. The minimum atomic E-state index is -0.101. The number of rotatable bonds is 4. The third-order valence-electron chi connectivity index (χ3n) is 3.56. The number of amides is 1. The minimum absolute atomic E-state index is 0.101. The maximum Gasteiger partial charge on any atom is 0.256 e. The Morgan fingerprint density at radius 3 is 2.78 bits per heavy atom. The number of ether oxygens (including phenoxy) is 2. The van der Waals surface area contributed by atoms with Crippen molar-refractivity contribution in [2.75, 3.05) is 19.0 Å². The molecule has 1 amide bonds. The molecule has 23 heavy (non-hydrogen) atoms. The summed E-state index contributed by atoms with van der Waals surface area (Å²) < 4.78 is 11.8. The zero-order chi connectivity index (χ0) is 16.4. The predicted octanol–water partition coefficient (Wildman–Crippen LogP) is 4.35. The molecule has 1 aliphatic rings. The third-order valence-corrected chi connectivity index (χ3v) is 4.15. The lowest BCUT2D eigenvalue weighted by Crippen LogP contribution is -2.03. The van der Waals surface area contributed by atoms with Gasteiger partial charge >= 0.3 is 0 Å². The Hall–Kier alpha value is -2.27. The van der Waals surface area contributed by atoms with E-state index in [2.05, 4.69) is 21.2 Å². The molecule has 2 aromatic carbocycles. The number of hydrogen-bond donors (Lipinski definition) is 1. The average Bonchev–Trinajstić information content (AvgIpc) is 2.84. The maximum atomic E-state index is 12.2. The normalized spacial score (nSPS) is 14.6. The molecule has 1 heterocycles. The summed E-state index contributed by atoms with van der Waals surface area (Å²) in [5, 5.41) is 2.87. The molecule has 2 aromatic rings. The number of para-hydroxylation sites is 1. The van der Waals surface area contributed by atoms with Crippen LogP contribution in [0.4, 0.5) is 5.69 Å². The monoisotopic (exact) mass is 373 g/mol. The van der Waals surface area contributed by atoms with Gasteiger partial charge in [0.1, 0.15) is 0 Å². The van der Waals surface area contributed by atoms with Crippen molar-refractivity contribution in [1.82, 2.24) is 0 Å². The van der Waals surface area contributed by atoms with E-state index in [9.17, 15) is 4.79 Å². The van der Waals surface area contributed by atoms with Crippen LogP contribution in [0.1, 0.15) is 18.1 Å². The van der Waals surface area contributed by atoms with Gasteiger partial charge in [-0.25, -0.2) is 0 Å². The van der Waals surface area contributed by atoms with Crippen molar-refractivity contribution in [3.63, 3.8) is 0 Å². The van der Waals surface area contributed by atoms with Gasteiger partial charge in [0.2, 0.25) is 0 Å². The molecule has 1 aliphatic heterocycles. The fourth-order valence-electron chi connectivity index (χ4n) is 2.58. The Morgan fingerprint density at radius 2 is 2.04 bits per heavy atom. The molecule has 3 rings (SSSR count). The van der Waals surface area contributed by atoms with Gasteiger partial charge in [-0.2, -0.15) is 0 Å². The van der Waals surface area contributed by atoms with Crippen LogP contribution in [0.3, 0.4) is 0 Å². The van der Waals surface area contributed by atoms with Crippen LogP contribution in [0.15, 0.2) is 40.9 Å². The first-order valence-corrected chi connectivity index (χ1v) is 8.06. The van der Waals surface area contributed by atoms with Crippen LogP contribution in [0.25, 0.3) is 11.6 Å². The highest BCUT2D eigenvalue weighted by Crippen LogP contribution is 2.39. The van der Waals surface area contributed by atoms with Crippen LogP contribution < -0.4 is 14.8 Å². The van der Waals surface area contributed by atoms with Crippen LogP contribution in [0.2, 0.25) is 0 Å². The van der Waals surface area contributed by atoms with E-state index in [1.54, 1.807) is 7.11 Å². The van der Waals surface area contributed by atoms with Gasteiger partial charge in [-0.3, -0.25) is 4.79 Å². The van der Waals surface area contributed by atoms with E-state index in [0.717, 1.165) is 21.3 Å². The Labute approximate surface area is 143 Å². The second-order valence-corrected chi connectivity index (χ2v) is 5.88. The number of carbonyl (C=O) groups is 1. The topological polar surface area (TPSA) is 47.6 Å². The molecule has 5 heteroatoms. The first-order chi connectivity index (χ1) is 11.1. The molecule has 118 valence electrons. The minimum Gasteiger partial charge on any atom is -0.492 e. The summed E-state index contributed by atoms with van der Waals surface area (Å²) in [6, 6.07) is 11.4. The van der Waals surface area contributed by atoms with E-state index >= 15 is 0 Å². The standard InChI is InChI=1S/C18H16BrNO3/c1-3-23-16-10-11(9-14(19)17(16)22-2)8-13-12-6-4-5-7-15(12)20-18(13)21/h4-10H,3H2,1-2H3,(H,20,21)/b13-8-. The summed E-state index contributed by atoms with van der Waals surface area (Å²) in [5.41, 5.74) is 3.24. The number of carbonyl (C=O) groups excluding carboxylic acids is 1. The lowest BCUT2D eigenvalue weighted by atomic mass is 10.0. The molecule has 0 saturated carbocycles. The van der Waals surface area contributed by atoms with Gasteiger partial charge in [-0.1, -0.05) is 18.2 Å². The van der Waals surface area contributed by atoms with Gasteiger partial charge in [0, 0.05) is 16.8 Å². The molecule has 0 atom stereocenters. The van der Waals surface area contributed by atoms with Crippen molar-refractivity contribution < 1.29 is 14.3 Å². The van der Waals surface area contributed by atoms with Crippen LogP contribution in [0, 0.1) is 0 Å². The molecule has 0 radical (unpaired) electrons. The Kier molecular flexibility index (Phi) is 4.39. The van der Waals surface area contributed by atoms with E-state index in [4.69, 9.17) is 9.47 Å². The Balaban J connectivity index is 2.08. The largest absolute Gasteiger partial charge is 0.492 e. The first kappa shape index (κ1) is 15.6. The molecular weight excluding hydrogens is 358 g/mol. The van der Waals surface area contributed by atoms with Gasteiger partial charge in [-0.05, 0) is 52.7 Å². The summed E-state index contributed by atoms with van der Waals surface area (Å²) in [6.07, 6.45) is 1.86. The van der Waals surface area contributed by atoms with Crippen molar-refractivity contribution in [3.05, 3.63) is 52.0 Å². The highest BCUT2D eigenvalue weighted by atomic mass is 79.9. The zero-order valence-electron chi connectivity index (χ0n) is 12.9. The van der Waals surface area contributed by atoms with Crippen molar-refractivity contribution in [3.8, 4) is 11.5 Å². The number of methoxy groups -OCH3 is 1. The number of halogens is 1. The van der Waals surface area contributed by atoms with E-state index < -0.39 is 0 Å². The molecule has 0 unspecified atom stereocenters. The average molecular weight is 374 g/mol. The number of nitrogens with one attached hydrogen (secondary N) is 1. The van der Waals surface area contributed by atoms with E-state index in [-0.39, 0.29) is 5.91 Å². The second kappa shape index (κ2) is 6.46. The molecule has 0 fully saturated rings. The molecule has 0 bridgehead atoms. The fourth-order valence-corrected chi connectivity index (χ4v) is 3.20. The van der Waals surface area contributed by atoms with Crippen molar-refractivity contribution in [2.45, 2.75) is 6.92 Å². The van der Waals surface area contributed by atoms with E-state index in [1.807, 2.05) is 49.4 Å². The molecule has 0 aromatic heterocycles. The summed E-state index contributed by atoms with van der Waals surface area (Å²) in [4.78, 5) is 12.2. The Morgan fingerprint density at radius 1 is 1.26 bits per heavy atom. The number of benzene rings is 2. The molecule has 1 N–H and O–H groups in total. The van der Waals surface area contributed by atoms with Gasteiger partial charge < -0.3 is 14.8 Å². The van der Waals surface area contributed by atoms with Crippen molar-refractivity contribution in [1.29, 1.82) is 0 Å². The van der Waals surface area contributed by atoms with Gasteiger partial charge in [0.25, 0.3) is 5.91 Å². The number of anilines is 1. The Bertz CT molecular complexity index is 799. The molecule has 4 nitrogen and oxygen atoms in total. The molecule has 0 saturated heterocycles.